The average molecular weight is 263 g/mol. The summed E-state index contributed by atoms with van der Waals surface area (Å²) in [4.78, 5) is 11.7. The second-order valence-electron chi connectivity index (χ2n) is 5.49. The molecule has 1 aromatic rings. The number of carboxylic acid groups (broad SMARTS) is 1. The van der Waals surface area contributed by atoms with Crippen LogP contribution in [0, 0.1) is 5.92 Å². The van der Waals surface area contributed by atoms with Gasteiger partial charge in [-0.3, -0.25) is 0 Å². The molecule has 2 rings (SSSR count). The first-order chi connectivity index (χ1) is 9.03. The molecule has 4 nitrogen and oxygen atoms in total. The second kappa shape index (κ2) is 5.61. The van der Waals surface area contributed by atoms with Gasteiger partial charge in [0.15, 0.2) is 0 Å². The molecule has 104 valence electrons. The maximum atomic E-state index is 11.7. The Bertz CT molecular complexity index is 432. The van der Waals surface area contributed by atoms with Gasteiger partial charge in [-0.25, -0.2) is 4.79 Å². The van der Waals surface area contributed by atoms with Gasteiger partial charge < -0.3 is 15.2 Å². The van der Waals surface area contributed by atoms with Crippen LogP contribution in [0.1, 0.15) is 26.7 Å². The molecule has 0 aromatic heterocycles. The molecule has 1 saturated heterocycles. The van der Waals surface area contributed by atoms with Crippen LogP contribution in [-0.4, -0.2) is 29.3 Å². The Hall–Kier alpha value is -1.55. The van der Waals surface area contributed by atoms with Crippen LogP contribution in [0.2, 0.25) is 0 Å². The molecule has 1 heterocycles. The van der Waals surface area contributed by atoms with Gasteiger partial charge in [0.2, 0.25) is 0 Å². The average Bonchev–Trinajstić information content (AvgIpc) is 2.40. The van der Waals surface area contributed by atoms with Gasteiger partial charge in [-0.15, -0.1) is 0 Å². The maximum absolute atomic E-state index is 11.7. The van der Waals surface area contributed by atoms with E-state index < -0.39 is 11.5 Å². The molecule has 1 aromatic carbocycles. The summed E-state index contributed by atoms with van der Waals surface area (Å²) >= 11 is 0. The third-order valence-electron chi connectivity index (χ3n) is 3.72. The van der Waals surface area contributed by atoms with Gasteiger partial charge in [-0.2, -0.15) is 0 Å². The number of benzene rings is 1. The Kier molecular flexibility index (Phi) is 4.10. The highest BCUT2D eigenvalue weighted by atomic mass is 16.5. The molecule has 1 aliphatic rings. The van der Waals surface area contributed by atoms with Crippen LogP contribution >= 0.6 is 0 Å². The Morgan fingerprint density at radius 2 is 2.11 bits per heavy atom. The first kappa shape index (κ1) is 13.9. The molecule has 0 spiro atoms. The van der Waals surface area contributed by atoms with Crippen LogP contribution in [0.3, 0.4) is 0 Å². The van der Waals surface area contributed by atoms with Crippen molar-refractivity contribution in [2.45, 2.75) is 38.3 Å². The Balaban J connectivity index is 2.20. The molecule has 1 aliphatic heterocycles. The van der Waals surface area contributed by atoms with E-state index in [0.29, 0.717) is 25.4 Å². The number of para-hydroxylation sites is 1. The van der Waals surface area contributed by atoms with Crippen LogP contribution in [0.4, 0.5) is 5.69 Å². The summed E-state index contributed by atoms with van der Waals surface area (Å²) in [6, 6.07) is 9.50. The Morgan fingerprint density at radius 1 is 1.42 bits per heavy atom. The summed E-state index contributed by atoms with van der Waals surface area (Å²) in [6.45, 7) is 4.60. The van der Waals surface area contributed by atoms with Crippen molar-refractivity contribution in [3.8, 4) is 0 Å². The number of aliphatic carboxylic acids is 1. The molecule has 0 radical (unpaired) electrons. The first-order valence-corrected chi connectivity index (χ1v) is 6.72. The maximum Gasteiger partial charge on any atom is 0.329 e. The van der Waals surface area contributed by atoms with E-state index in [4.69, 9.17) is 4.74 Å². The summed E-state index contributed by atoms with van der Waals surface area (Å²) < 4.78 is 5.68. The van der Waals surface area contributed by atoms with E-state index in [1.807, 2.05) is 30.3 Å². The predicted octanol–water partition coefficient (Wildman–Crippen LogP) is 2.76. The van der Waals surface area contributed by atoms with Gasteiger partial charge in [0, 0.05) is 25.1 Å². The lowest BCUT2D eigenvalue weighted by molar-refractivity contribution is -0.149. The number of carbonyl (C=O) groups is 1. The van der Waals surface area contributed by atoms with Crippen molar-refractivity contribution in [3.05, 3.63) is 30.3 Å². The van der Waals surface area contributed by atoms with Crippen molar-refractivity contribution in [2.24, 2.45) is 5.92 Å². The van der Waals surface area contributed by atoms with Crippen LogP contribution in [0.25, 0.3) is 0 Å². The van der Waals surface area contributed by atoms with E-state index in [9.17, 15) is 9.90 Å². The number of hydrogen-bond donors (Lipinski definition) is 2. The molecule has 0 aliphatic carbocycles. The van der Waals surface area contributed by atoms with Gasteiger partial charge in [-0.05, 0) is 18.1 Å². The molecular weight excluding hydrogens is 242 g/mol. The second-order valence-corrected chi connectivity index (χ2v) is 5.49. The fraction of sp³-hybridized carbons (Fsp3) is 0.533. The zero-order valence-electron chi connectivity index (χ0n) is 11.4. The minimum atomic E-state index is -0.922. The van der Waals surface area contributed by atoms with E-state index in [2.05, 4.69) is 19.2 Å². The normalized spacial score (nSPS) is 27.2. The standard InChI is InChI=1S/C15H21NO3/c1-11(2)13-10-15(14(17)18,8-9-19-13)16-12-6-4-3-5-7-12/h3-7,11,13,16H,8-10H2,1-2H3,(H,17,18). The van der Waals surface area contributed by atoms with Crippen molar-refractivity contribution in [3.63, 3.8) is 0 Å². The summed E-state index contributed by atoms with van der Waals surface area (Å²) in [6.07, 6.45) is 0.969. The van der Waals surface area contributed by atoms with Gasteiger partial charge in [0.05, 0.1) is 6.10 Å². The van der Waals surface area contributed by atoms with E-state index in [-0.39, 0.29) is 6.10 Å². The van der Waals surface area contributed by atoms with Crippen molar-refractivity contribution >= 4 is 11.7 Å². The summed E-state index contributed by atoms with van der Waals surface area (Å²) in [5.74, 6) is -0.484. The first-order valence-electron chi connectivity index (χ1n) is 6.72. The fourth-order valence-electron chi connectivity index (χ4n) is 2.48. The lowest BCUT2D eigenvalue weighted by atomic mass is 9.83. The van der Waals surface area contributed by atoms with E-state index in [0.717, 1.165) is 5.69 Å². The molecule has 4 heteroatoms. The molecule has 2 N–H and O–H groups in total. The zero-order chi connectivity index (χ0) is 13.9. The smallest absolute Gasteiger partial charge is 0.329 e. The number of rotatable bonds is 4. The Labute approximate surface area is 113 Å². The molecule has 0 bridgehead atoms. The number of ether oxygens (including phenoxy) is 1. The van der Waals surface area contributed by atoms with Gasteiger partial charge in [0.1, 0.15) is 5.54 Å². The van der Waals surface area contributed by atoms with Crippen molar-refractivity contribution in [1.29, 1.82) is 0 Å². The van der Waals surface area contributed by atoms with Gasteiger partial charge >= 0.3 is 5.97 Å². The fourth-order valence-corrected chi connectivity index (χ4v) is 2.48. The third-order valence-corrected chi connectivity index (χ3v) is 3.72. The molecular formula is C15H21NO3. The van der Waals surface area contributed by atoms with Crippen molar-refractivity contribution in [1.82, 2.24) is 0 Å². The van der Waals surface area contributed by atoms with Crippen LogP contribution in [0.15, 0.2) is 30.3 Å². The lowest BCUT2D eigenvalue weighted by Gasteiger charge is -2.40. The molecule has 0 saturated carbocycles. The molecule has 2 atom stereocenters. The topological polar surface area (TPSA) is 58.6 Å². The van der Waals surface area contributed by atoms with E-state index in [1.165, 1.54) is 0 Å². The molecule has 0 amide bonds. The number of anilines is 1. The quantitative estimate of drug-likeness (QED) is 0.877. The zero-order valence-corrected chi connectivity index (χ0v) is 11.4. The summed E-state index contributed by atoms with van der Waals surface area (Å²) in [5, 5.41) is 12.8. The SMILES string of the molecule is CC(C)C1CC(Nc2ccccc2)(C(=O)O)CCO1. The minimum Gasteiger partial charge on any atom is -0.480 e. The lowest BCUT2D eigenvalue weighted by Crippen LogP contribution is -2.53. The van der Waals surface area contributed by atoms with Crippen LogP contribution in [0.5, 0.6) is 0 Å². The highest BCUT2D eigenvalue weighted by Crippen LogP contribution is 2.32. The van der Waals surface area contributed by atoms with E-state index in [1.54, 1.807) is 0 Å². The highest BCUT2D eigenvalue weighted by molar-refractivity contribution is 5.83. The van der Waals surface area contributed by atoms with Crippen molar-refractivity contribution in [2.75, 3.05) is 11.9 Å². The molecule has 19 heavy (non-hydrogen) atoms. The van der Waals surface area contributed by atoms with Gasteiger partial charge in [0.25, 0.3) is 0 Å². The van der Waals surface area contributed by atoms with Gasteiger partial charge in [-0.1, -0.05) is 32.0 Å². The summed E-state index contributed by atoms with van der Waals surface area (Å²) in [7, 11) is 0. The van der Waals surface area contributed by atoms with Crippen LogP contribution < -0.4 is 5.32 Å². The van der Waals surface area contributed by atoms with E-state index >= 15 is 0 Å². The third kappa shape index (κ3) is 3.07. The number of nitrogens with one attached hydrogen (secondary N) is 1. The van der Waals surface area contributed by atoms with Crippen molar-refractivity contribution < 1.29 is 14.6 Å². The Morgan fingerprint density at radius 3 is 2.68 bits per heavy atom. The summed E-state index contributed by atoms with van der Waals surface area (Å²) in [5.41, 5.74) is -0.0801. The largest absolute Gasteiger partial charge is 0.480 e. The highest BCUT2D eigenvalue weighted by Gasteiger charge is 2.44. The van der Waals surface area contributed by atoms with Crippen LogP contribution in [-0.2, 0) is 9.53 Å². The molecule has 2 unspecified atom stereocenters. The number of hydrogen-bond acceptors (Lipinski definition) is 3. The minimum absolute atomic E-state index is 0.0129. The predicted molar refractivity (Wildman–Crippen MR) is 74.2 cm³/mol. The molecule has 1 fully saturated rings. The monoisotopic (exact) mass is 263 g/mol. The number of carboxylic acids is 1.